The van der Waals surface area contributed by atoms with E-state index in [2.05, 4.69) is 9.97 Å². The number of amides is 1. The highest BCUT2D eigenvalue weighted by molar-refractivity contribution is 7.22. The van der Waals surface area contributed by atoms with Crippen LogP contribution in [-0.2, 0) is 9.59 Å². The Hall–Kier alpha value is -2.84. The lowest BCUT2D eigenvalue weighted by molar-refractivity contribution is -0.123. The fourth-order valence-corrected chi connectivity index (χ4v) is 4.43. The van der Waals surface area contributed by atoms with Gasteiger partial charge in [0.05, 0.1) is 26.5 Å². The molecule has 3 heterocycles. The number of anilines is 1. The maximum absolute atomic E-state index is 13.9. The molecule has 0 saturated heterocycles. The summed E-state index contributed by atoms with van der Waals surface area (Å²) in [4.78, 5) is 36.1. The lowest BCUT2D eigenvalue weighted by atomic mass is 9.83. The van der Waals surface area contributed by atoms with E-state index in [1.807, 2.05) is 0 Å². The van der Waals surface area contributed by atoms with Crippen molar-refractivity contribution in [3.8, 4) is 0 Å². The first kappa shape index (κ1) is 20.4. The van der Waals surface area contributed by atoms with Crippen LogP contribution in [0.25, 0.3) is 10.2 Å². The van der Waals surface area contributed by atoms with Gasteiger partial charge in [0.1, 0.15) is 11.9 Å². The van der Waals surface area contributed by atoms with Gasteiger partial charge in [-0.1, -0.05) is 49.8 Å². The lowest BCUT2D eigenvalue weighted by Crippen LogP contribution is -2.33. The molecule has 0 radical (unpaired) electrons. The highest BCUT2D eigenvalue weighted by Gasteiger charge is 2.48. The van der Waals surface area contributed by atoms with Crippen LogP contribution in [0.1, 0.15) is 32.5 Å². The number of aliphatic hydroxyl groups excluding tert-OH is 1. The van der Waals surface area contributed by atoms with Crippen LogP contribution in [-0.4, -0.2) is 26.8 Å². The molecule has 1 aliphatic heterocycles. The number of Topliss-reactive ketones (excluding diaryl/α,β-unsaturated/α-hetero) is 1. The van der Waals surface area contributed by atoms with Crippen LogP contribution in [0.5, 0.6) is 0 Å². The predicted molar refractivity (Wildman–Crippen MR) is 113 cm³/mol. The molecule has 0 spiro atoms. The monoisotopic (exact) mass is 445 g/mol. The normalized spacial score (nSPS) is 17.3. The zero-order valence-corrected chi connectivity index (χ0v) is 17.9. The van der Waals surface area contributed by atoms with Gasteiger partial charge in [0.15, 0.2) is 16.7 Å². The Bertz CT molecular complexity index is 1180. The van der Waals surface area contributed by atoms with Crippen molar-refractivity contribution in [2.75, 3.05) is 4.90 Å². The van der Waals surface area contributed by atoms with E-state index in [1.54, 1.807) is 45.2 Å². The van der Waals surface area contributed by atoms with Crippen molar-refractivity contribution in [1.29, 1.82) is 0 Å². The fourth-order valence-electron chi connectivity index (χ4n) is 3.27. The van der Waals surface area contributed by atoms with Crippen molar-refractivity contribution < 1.29 is 19.1 Å². The highest BCUT2D eigenvalue weighted by atomic mass is 35.5. The topological polar surface area (TPSA) is 83.4 Å². The Morgan fingerprint density at radius 2 is 2.03 bits per heavy atom. The Kier molecular flexibility index (Phi) is 4.86. The third-order valence-corrected chi connectivity index (χ3v) is 6.03. The number of carbonyl (C=O) groups excluding carboxylic acids is 2. The fraction of sp³-hybridized carbons (Fsp3) is 0.238. The van der Waals surface area contributed by atoms with Crippen LogP contribution in [0.2, 0.25) is 5.02 Å². The summed E-state index contributed by atoms with van der Waals surface area (Å²) in [5.41, 5.74) is -0.0543. The molecule has 4 rings (SSSR count). The maximum atomic E-state index is 13.9. The number of fused-ring (bicyclic) bond motifs is 1. The van der Waals surface area contributed by atoms with Crippen molar-refractivity contribution in [2.24, 2.45) is 5.41 Å². The number of halogens is 2. The van der Waals surface area contributed by atoms with Gasteiger partial charge < -0.3 is 5.11 Å². The molecule has 1 aromatic carbocycles. The number of benzene rings is 1. The van der Waals surface area contributed by atoms with E-state index < -0.39 is 28.9 Å². The molecule has 1 atom stereocenters. The average molecular weight is 446 g/mol. The minimum atomic E-state index is -0.952. The molecule has 1 unspecified atom stereocenters. The number of ketones is 1. The number of thiazole rings is 1. The average Bonchev–Trinajstić information content (AvgIpc) is 3.20. The lowest BCUT2D eigenvalue weighted by Gasteiger charge is -2.26. The number of pyridine rings is 1. The second-order valence-electron chi connectivity index (χ2n) is 7.90. The van der Waals surface area contributed by atoms with Crippen LogP contribution < -0.4 is 4.90 Å². The minimum Gasteiger partial charge on any atom is -0.503 e. The van der Waals surface area contributed by atoms with Crippen LogP contribution in [0, 0.1) is 11.2 Å². The summed E-state index contributed by atoms with van der Waals surface area (Å²) in [6.45, 7) is 5.13. The Morgan fingerprint density at radius 1 is 1.30 bits per heavy atom. The van der Waals surface area contributed by atoms with Crippen LogP contribution >= 0.6 is 22.9 Å². The zero-order valence-electron chi connectivity index (χ0n) is 16.3. The van der Waals surface area contributed by atoms with Gasteiger partial charge in [-0.05, 0) is 24.3 Å². The molecular weight excluding hydrogens is 429 g/mol. The molecule has 3 aromatic rings. The van der Waals surface area contributed by atoms with Gasteiger partial charge in [-0.2, -0.15) is 0 Å². The molecular formula is C21H17ClFN3O3S. The van der Waals surface area contributed by atoms with Gasteiger partial charge in [-0.3, -0.25) is 19.5 Å². The zero-order chi connectivity index (χ0) is 21.8. The van der Waals surface area contributed by atoms with E-state index in [1.165, 1.54) is 17.0 Å². The van der Waals surface area contributed by atoms with Crippen LogP contribution in [0.15, 0.2) is 47.9 Å². The summed E-state index contributed by atoms with van der Waals surface area (Å²) in [5.74, 6) is -2.36. The van der Waals surface area contributed by atoms with E-state index in [0.29, 0.717) is 15.9 Å². The van der Waals surface area contributed by atoms with Gasteiger partial charge in [-0.15, -0.1) is 0 Å². The molecule has 154 valence electrons. The summed E-state index contributed by atoms with van der Waals surface area (Å²) in [6.07, 6.45) is 1.54. The van der Waals surface area contributed by atoms with E-state index >= 15 is 0 Å². The smallest absolute Gasteiger partial charge is 0.296 e. The minimum absolute atomic E-state index is 0.0327. The molecule has 2 aromatic heterocycles. The third-order valence-electron chi connectivity index (χ3n) is 4.73. The van der Waals surface area contributed by atoms with Crippen molar-refractivity contribution in [1.82, 2.24) is 9.97 Å². The molecule has 30 heavy (non-hydrogen) atoms. The number of aliphatic hydroxyl groups is 1. The summed E-state index contributed by atoms with van der Waals surface area (Å²) in [5, 5.41) is 10.8. The second-order valence-corrected chi connectivity index (χ2v) is 9.32. The number of rotatable bonds is 3. The van der Waals surface area contributed by atoms with E-state index in [4.69, 9.17) is 11.6 Å². The number of aromatic nitrogens is 2. The highest BCUT2D eigenvalue weighted by Crippen LogP contribution is 2.45. The first-order chi connectivity index (χ1) is 14.1. The molecule has 1 N–H and O–H groups in total. The van der Waals surface area contributed by atoms with E-state index in [9.17, 15) is 19.1 Å². The number of carbonyl (C=O) groups is 2. The van der Waals surface area contributed by atoms with Crippen molar-refractivity contribution in [3.05, 3.63) is 64.4 Å². The summed E-state index contributed by atoms with van der Waals surface area (Å²) in [6, 6.07) is 6.77. The first-order valence-electron chi connectivity index (χ1n) is 9.07. The van der Waals surface area contributed by atoms with Gasteiger partial charge >= 0.3 is 0 Å². The number of hydrogen-bond donors (Lipinski definition) is 1. The molecule has 1 aliphatic rings. The molecule has 0 saturated carbocycles. The van der Waals surface area contributed by atoms with Gasteiger partial charge in [-0.25, -0.2) is 9.37 Å². The molecule has 0 bridgehead atoms. The molecule has 1 amide bonds. The SMILES string of the molecule is CC(C)(C)C(=O)C1=C(O)C(=O)N(c2nc3cc(Cl)c(F)cc3s2)C1c1ccccn1. The number of nitrogens with zero attached hydrogens (tertiary/aromatic N) is 3. The third kappa shape index (κ3) is 3.26. The maximum Gasteiger partial charge on any atom is 0.296 e. The van der Waals surface area contributed by atoms with Crippen molar-refractivity contribution >= 4 is 50.0 Å². The largest absolute Gasteiger partial charge is 0.503 e. The van der Waals surface area contributed by atoms with Gasteiger partial charge in [0.2, 0.25) is 0 Å². The Morgan fingerprint density at radius 3 is 2.67 bits per heavy atom. The summed E-state index contributed by atoms with van der Waals surface area (Å²) < 4.78 is 14.4. The van der Waals surface area contributed by atoms with Crippen molar-refractivity contribution in [2.45, 2.75) is 26.8 Å². The quantitative estimate of drug-likeness (QED) is 0.613. The summed E-state index contributed by atoms with van der Waals surface area (Å²) >= 11 is 6.92. The Labute approximate surface area is 180 Å². The molecule has 6 nitrogen and oxygen atoms in total. The van der Waals surface area contributed by atoms with Crippen LogP contribution in [0.3, 0.4) is 0 Å². The Balaban J connectivity index is 1.91. The standard InChI is InChI=1S/C21H17ClFN3O3S/c1-21(2,3)18(28)15-16(12-6-4-5-7-24-12)26(19(29)17(15)27)20-25-13-8-10(22)11(23)9-14(13)30-20/h4-9,16,27H,1-3H3. The second kappa shape index (κ2) is 7.14. The van der Waals surface area contributed by atoms with Crippen molar-refractivity contribution in [3.63, 3.8) is 0 Å². The molecule has 0 fully saturated rings. The predicted octanol–water partition coefficient (Wildman–Crippen LogP) is 5.00. The first-order valence-corrected chi connectivity index (χ1v) is 10.3. The molecule has 9 heteroatoms. The number of hydrogen-bond acceptors (Lipinski definition) is 6. The molecule has 0 aliphatic carbocycles. The van der Waals surface area contributed by atoms with E-state index in [-0.39, 0.29) is 21.5 Å². The van der Waals surface area contributed by atoms with Gasteiger partial charge in [0.25, 0.3) is 5.91 Å². The van der Waals surface area contributed by atoms with E-state index in [0.717, 1.165) is 11.3 Å². The van der Waals surface area contributed by atoms with Gasteiger partial charge in [0, 0.05) is 11.6 Å². The van der Waals surface area contributed by atoms with Crippen LogP contribution in [0.4, 0.5) is 9.52 Å². The summed E-state index contributed by atoms with van der Waals surface area (Å²) in [7, 11) is 0.